The first kappa shape index (κ1) is 16.6. The van der Waals surface area contributed by atoms with Crippen LogP contribution in [0.2, 0.25) is 0 Å². The standard InChI is InChI=1S/C17H26N2O3/c1-12-7-13(9-15(8-12)22-2)10-18-17(21)19-16-6-4-3-5-14(16)11-20/h7-9,14,16,20H,3-6,10-11H2,1-2H3,(H2,18,19,21). The fraction of sp³-hybridized carbons (Fsp3) is 0.588. The summed E-state index contributed by atoms with van der Waals surface area (Å²) in [5.41, 5.74) is 2.11. The number of urea groups is 1. The summed E-state index contributed by atoms with van der Waals surface area (Å²) >= 11 is 0. The molecule has 0 bridgehead atoms. The highest BCUT2D eigenvalue weighted by atomic mass is 16.5. The minimum Gasteiger partial charge on any atom is -0.497 e. The van der Waals surface area contributed by atoms with E-state index in [1.807, 2.05) is 25.1 Å². The van der Waals surface area contributed by atoms with Gasteiger partial charge in [0.05, 0.1) is 7.11 Å². The first-order valence-electron chi connectivity index (χ1n) is 7.92. The van der Waals surface area contributed by atoms with E-state index in [-0.39, 0.29) is 24.6 Å². The molecule has 0 spiro atoms. The monoisotopic (exact) mass is 306 g/mol. The lowest BCUT2D eigenvalue weighted by molar-refractivity contribution is 0.153. The van der Waals surface area contributed by atoms with Crippen LogP contribution in [0.4, 0.5) is 4.79 Å². The van der Waals surface area contributed by atoms with E-state index in [2.05, 4.69) is 10.6 Å². The van der Waals surface area contributed by atoms with E-state index in [4.69, 9.17) is 4.74 Å². The van der Waals surface area contributed by atoms with E-state index in [9.17, 15) is 9.90 Å². The van der Waals surface area contributed by atoms with E-state index in [1.54, 1.807) is 7.11 Å². The summed E-state index contributed by atoms with van der Waals surface area (Å²) < 4.78 is 5.24. The van der Waals surface area contributed by atoms with E-state index in [0.717, 1.165) is 42.6 Å². The molecular weight excluding hydrogens is 280 g/mol. The summed E-state index contributed by atoms with van der Waals surface area (Å²) in [7, 11) is 1.64. The minimum atomic E-state index is -0.175. The summed E-state index contributed by atoms with van der Waals surface area (Å²) in [5.74, 6) is 0.975. The largest absolute Gasteiger partial charge is 0.497 e. The molecular formula is C17H26N2O3. The lowest BCUT2D eigenvalue weighted by atomic mass is 9.85. The van der Waals surface area contributed by atoms with Gasteiger partial charge < -0.3 is 20.5 Å². The van der Waals surface area contributed by atoms with Gasteiger partial charge in [-0.05, 0) is 43.0 Å². The highest BCUT2D eigenvalue weighted by molar-refractivity contribution is 5.74. The molecule has 1 saturated carbocycles. The Morgan fingerprint density at radius 1 is 1.32 bits per heavy atom. The summed E-state index contributed by atoms with van der Waals surface area (Å²) in [5, 5.41) is 15.3. The molecule has 0 radical (unpaired) electrons. The molecule has 2 unspecified atom stereocenters. The SMILES string of the molecule is COc1cc(C)cc(CNC(=O)NC2CCCCC2CO)c1. The van der Waals surface area contributed by atoms with E-state index < -0.39 is 0 Å². The first-order valence-corrected chi connectivity index (χ1v) is 7.92. The van der Waals surface area contributed by atoms with Gasteiger partial charge in [-0.3, -0.25) is 0 Å². The third-order valence-corrected chi connectivity index (χ3v) is 4.26. The molecule has 5 nitrogen and oxygen atoms in total. The van der Waals surface area contributed by atoms with Gasteiger partial charge in [-0.25, -0.2) is 4.79 Å². The van der Waals surface area contributed by atoms with Crippen molar-refractivity contribution in [2.75, 3.05) is 13.7 Å². The number of rotatable bonds is 5. The van der Waals surface area contributed by atoms with Crippen molar-refractivity contribution in [1.82, 2.24) is 10.6 Å². The van der Waals surface area contributed by atoms with Crippen molar-refractivity contribution in [3.63, 3.8) is 0 Å². The van der Waals surface area contributed by atoms with Gasteiger partial charge in [-0.1, -0.05) is 18.9 Å². The van der Waals surface area contributed by atoms with Crippen molar-refractivity contribution in [3.05, 3.63) is 29.3 Å². The van der Waals surface area contributed by atoms with E-state index >= 15 is 0 Å². The average molecular weight is 306 g/mol. The third-order valence-electron chi connectivity index (χ3n) is 4.26. The zero-order valence-corrected chi connectivity index (χ0v) is 13.4. The Morgan fingerprint density at radius 2 is 2.09 bits per heavy atom. The maximum atomic E-state index is 12.1. The Morgan fingerprint density at radius 3 is 2.82 bits per heavy atom. The number of aryl methyl sites for hydroxylation is 1. The molecule has 0 saturated heterocycles. The average Bonchev–Trinajstić information content (AvgIpc) is 2.53. The smallest absolute Gasteiger partial charge is 0.315 e. The molecule has 2 rings (SSSR count). The second kappa shape index (κ2) is 8.03. The Labute approximate surface area is 132 Å². The van der Waals surface area contributed by atoms with Crippen LogP contribution < -0.4 is 15.4 Å². The summed E-state index contributed by atoms with van der Waals surface area (Å²) in [6, 6.07) is 5.80. The zero-order chi connectivity index (χ0) is 15.9. The predicted molar refractivity (Wildman–Crippen MR) is 85.9 cm³/mol. The highest BCUT2D eigenvalue weighted by Gasteiger charge is 2.25. The molecule has 1 aliphatic rings. The number of carbonyl (C=O) groups excluding carboxylic acids is 1. The molecule has 122 valence electrons. The normalized spacial score (nSPS) is 21.2. The molecule has 0 aromatic heterocycles. The first-order chi connectivity index (χ1) is 10.6. The van der Waals surface area contributed by atoms with Gasteiger partial charge in [0.2, 0.25) is 0 Å². The van der Waals surface area contributed by atoms with Crippen LogP contribution in [0.3, 0.4) is 0 Å². The van der Waals surface area contributed by atoms with Crippen molar-refractivity contribution in [2.24, 2.45) is 5.92 Å². The van der Waals surface area contributed by atoms with Crippen molar-refractivity contribution >= 4 is 6.03 Å². The lowest BCUT2D eigenvalue weighted by Crippen LogP contribution is -2.47. The minimum absolute atomic E-state index is 0.0748. The molecule has 0 heterocycles. The third kappa shape index (κ3) is 4.63. The number of benzene rings is 1. The fourth-order valence-corrected chi connectivity index (χ4v) is 3.06. The van der Waals surface area contributed by atoms with E-state index in [0.29, 0.717) is 6.54 Å². The quantitative estimate of drug-likeness (QED) is 0.782. The number of methoxy groups -OCH3 is 1. The van der Waals surface area contributed by atoms with Crippen LogP contribution in [0.25, 0.3) is 0 Å². The number of ether oxygens (including phenoxy) is 1. The van der Waals surface area contributed by atoms with Crippen LogP contribution >= 0.6 is 0 Å². The van der Waals surface area contributed by atoms with Gasteiger partial charge in [0, 0.05) is 25.1 Å². The van der Waals surface area contributed by atoms with Crippen LogP contribution in [0.15, 0.2) is 18.2 Å². The Balaban J connectivity index is 1.86. The van der Waals surface area contributed by atoms with Gasteiger partial charge in [-0.2, -0.15) is 0 Å². The Kier molecular flexibility index (Phi) is 6.07. The number of hydrogen-bond donors (Lipinski definition) is 3. The second-order valence-electron chi connectivity index (χ2n) is 6.02. The van der Waals surface area contributed by atoms with Gasteiger partial charge in [0.25, 0.3) is 0 Å². The van der Waals surface area contributed by atoms with E-state index in [1.165, 1.54) is 0 Å². The summed E-state index contributed by atoms with van der Waals surface area (Å²) in [4.78, 5) is 12.1. The Bertz CT molecular complexity index is 505. The molecule has 2 amide bonds. The highest BCUT2D eigenvalue weighted by Crippen LogP contribution is 2.23. The van der Waals surface area contributed by atoms with Crippen molar-refractivity contribution in [3.8, 4) is 5.75 Å². The van der Waals surface area contributed by atoms with Gasteiger partial charge in [0.1, 0.15) is 5.75 Å². The number of amides is 2. The van der Waals surface area contributed by atoms with Crippen LogP contribution in [0.5, 0.6) is 5.75 Å². The maximum Gasteiger partial charge on any atom is 0.315 e. The number of carbonyl (C=O) groups is 1. The molecule has 1 aromatic carbocycles. The van der Waals surface area contributed by atoms with Crippen molar-refractivity contribution < 1.29 is 14.6 Å². The fourth-order valence-electron chi connectivity index (χ4n) is 3.06. The number of aliphatic hydroxyl groups is 1. The van der Waals surface area contributed by atoms with Crippen molar-refractivity contribution in [2.45, 2.75) is 45.2 Å². The van der Waals surface area contributed by atoms with Crippen LogP contribution in [0.1, 0.15) is 36.8 Å². The molecule has 1 aromatic rings. The molecule has 0 aliphatic heterocycles. The molecule has 22 heavy (non-hydrogen) atoms. The molecule has 1 fully saturated rings. The van der Waals surface area contributed by atoms with Gasteiger partial charge in [-0.15, -0.1) is 0 Å². The summed E-state index contributed by atoms with van der Waals surface area (Å²) in [6.07, 6.45) is 4.16. The number of nitrogens with one attached hydrogen (secondary N) is 2. The van der Waals surface area contributed by atoms with Crippen LogP contribution in [-0.2, 0) is 6.54 Å². The second-order valence-corrected chi connectivity index (χ2v) is 6.02. The number of aliphatic hydroxyl groups excluding tert-OH is 1. The molecule has 2 atom stereocenters. The Hall–Kier alpha value is -1.75. The van der Waals surface area contributed by atoms with Gasteiger partial charge in [0.15, 0.2) is 0 Å². The van der Waals surface area contributed by atoms with Crippen molar-refractivity contribution in [1.29, 1.82) is 0 Å². The maximum absolute atomic E-state index is 12.1. The molecule has 1 aliphatic carbocycles. The lowest BCUT2D eigenvalue weighted by Gasteiger charge is -2.30. The number of hydrogen-bond acceptors (Lipinski definition) is 3. The molecule has 5 heteroatoms. The topological polar surface area (TPSA) is 70.6 Å². The predicted octanol–water partition coefficient (Wildman–Crippen LogP) is 2.35. The van der Waals surface area contributed by atoms with Crippen LogP contribution in [0, 0.1) is 12.8 Å². The summed E-state index contributed by atoms with van der Waals surface area (Å²) in [6.45, 7) is 2.60. The van der Waals surface area contributed by atoms with Gasteiger partial charge >= 0.3 is 6.03 Å². The zero-order valence-electron chi connectivity index (χ0n) is 13.4. The molecule has 3 N–H and O–H groups in total. The van der Waals surface area contributed by atoms with Crippen LogP contribution in [-0.4, -0.2) is 30.9 Å².